The van der Waals surface area contributed by atoms with Crippen molar-refractivity contribution in [2.45, 2.75) is 0 Å². The van der Waals surface area contributed by atoms with Gasteiger partial charge in [0.25, 0.3) is 0 Å². The molecule has 0 spiro atoms. The maximum atomic E-state index is 5.84. The molecule has 2 nitrogen and oxygen atoms in total. The molecule has 9 aromatic rings. The predicted octanol–water partition coefficient (Wildman–Crippen LogP) is 12.2. The number of hydrogen-bond acceptors (Lipinski definition) is 3. The third-order valence-corrected chi connectivity index (χ3v) is 9.70. The summed E-state index contributed by atoms with van der Waals surface area (Å²) in [5.74, 6) is 0. The van der Waals surface area contributed by atoms with E-state index in [1.54, 1.807) is 6.26 Å². The van der Waals surface area contributed by atoms with Crippen LogP contribution in [0.25, 0.3) is 63.8 Å². The Morgan fingerprint density at radius 1 is 0.488 bits per heavy atom. The highest BCUT2D eigenvalue weighted by Gasteiger charge is 2.17. The van der Waals surface area contributed by atoms with Crippen LogP contribution in [0, 0.1) is 0 Å². The number of fused-ring (bicyclic) bond motifs is 8. The van der Waals surface area contributed by atoms with E-state index >= 15 is 0 Å². The highest BCUT2D eigenvalue weighted by molar-refractivity contribution is 7.26. The molecule has 0 atom stereocenters. The first-order valence-electron chi connectivity index (χ1n) is 14.5. The minimum atomic E-state index is 0.915. The van der Waals surface area contributed by atoms with Gasteiger partial charge in [-0.2, -0.15) is 0 Å². The molecule has 0 saturated heterocycles. The molecule has 3 heteroatoms. The topological polar surface area (TPSA) is 16.4 Å². The van der Waals surface area contributed by atoms with Crippen molar-refractivity contribution in [1.29, 1.82) is 0 Å². The number of thiophene rings is 1. The lowest BCUT2D eigenvalue weighted by Crippen LogP contribution is -2.09. The highest BCUT2D eigenvalue weighted by atomic mass is 32.1. The molecule has 0 aliphatic heterocycles. The van der Waals surface area contributed by atoms with Gasteiger partial charge in [-0.1, -0.05) is 78.9 Å². The fraction of sp³-hybridized carbons (Fsp3) is 0. The molecule has 7 aromatic carbocycles. The van der Waals surface area contributed by atoms with Gasteiger partial charge in [0.15, 0.2) is 0 Å². The van der Waals surface area contributed by atoms with E-state index in [4.69, 9.17) is 4.42 Å². The van der Waals surface area contributed by atoms with Crippen LogP contribution in [-0.4, -0.2) is 0 Å². The van der Waals surface area contributed by atoms with Crippen molar-refractivity contribution in [3.63, 3.8) is 0 Å². The average Bonchev–Trinajstić information content (AvgIpc) is 3.69. The first-order valence-corrected chi connectivity index (χ1v) is 15.3. The number of furan rings is 1. The molecule has 0 fully saturated rings. The maximum absolute atomic E-state index is 5.84. The van der Waals surface area contributed by atoms with Gasteiger partial charge in [0.1, 0.15) is 5.58 Å². The Morgan fingerprint density at radius 3 is 1.93 bits per heavy atom. The number of rotatable bonds is 4. The van der Waals surface area contributed by atoms with E-state index in [-0.39, 0.29) is 0 Å². The van der Waals surface area contributed by atoms with E-state index in [9.17, 15) is 0 Å². The minimum absolute atomic E-state index is 0.915. The fourth-order valence-electron chi connectivity index (χ4n) is 6.51. The SMILES string of the molecule is c1ccc(N(c2ccccc2)c2ccc(-c3cc4cc5occc5cc4c4c3ccc3c5ccccc5sc34)cc2)cc1. The monoisotopic (exact) mass is 567 g/mol. The predicted molar refractivity (Wildman–Crippen MR) is 184 cm³/mol. The van der Waals surface area contributed by atoms with Crippen molar-refractivity contribution in [1.82, 2.24) is 0 Å². The van der Waals surface area contributed by atoms with Crippen LogP contribution >= 0.6 is 11.3 Å². The van der Waals surface area contributed by atoms with E-state index in [0.29, 0.717) is 0 Å². The van der Waals surface area contributed by atoms with Crippen molar-refractivity contribution in [2.24, 2.45) is 0 Å². The van der Waals surface area contributed by atoms with Gasteiger partial charge in [0.2, 0.25) is 0 Å². The van der Waals surface area contributed by atoms with Crippen molar-refractivity contribution in [3.05, 3.63) is 152 Å². The Bertz CT molecular complexity index is 2390. The zero-order chi connectivity index (χ0) is 28.3. The summed E-state index contributed by atoms with van der Waals surface area (Å²) in [7, 11) is 0. The Morgan fingerprint density at radius 2 is 1.16 bits per heavy atom. The Kier molecular flexibility index (Phi) is 5.40. The zero-order valence-electron chi connectivity index (χ0n) is 23.2. The van der Waals surface area contributed by atoms with E-state index in [1.807, 2.05) is 11.3 Å². The van der Waals surface area contributed by atoms with Crippen LogP contribution in [0.2, 0.25) is 0 Å². The van der Waals surface area contributed by atoms with E-state index < -0.39 is 0 Å². The molecule has 43 heavy (non-hydrogen) atoms. The number of benzene rings is 7. The third kappa shape index (κ3) is 3.86. The van der Waals surface area contributed by atoms with Gasteiger partial charge < -0.3 is 9.32 Å². The van der Waals surface area contributed by atoms with Crippen LogP contribution in [-0.2, 0) is 0 Å². The Balaban J connectivity index is 1.28. The van der Waals surface area contributed by atoms with Crippen molar-refractivity contribution in [3.8, 4) is 11.1 Å². The van der Waals surface area contributed by atoms with Crippen molar-refractivity contribution < 1.29 is 4.42 Å². The molecule has 0 aliphatic carbocycles. The molecule has 0 saturated carbocycles. The first-order chi connectivity index (χ1) is 21.3. The summed E-state index contributed by atoms with van der Waals surface area (Å²) in [5.41, 5.74) is 6.72. The van der Waals surface area contributed by atoms with Crippen LogP contribution in [0.5, 0.6) is 0 Å². The van der Waals surface area contributed by atoms with Crippen LogP contribution in [0.4, 0.5) is 17.1 Å². The molecule has 0 unspecified atom stereocenters. The van der Waals surface area contributed by atoms with E-state index in [2.05, 4.69) is 150 Å². The number of anilines is 3. The molecule has 2 heterocycles. The Hall–Kier alpha value is -5.38. The minimum Gasteiger partial charge on any atom is -0.464 e. The van der Waals surface area contributed by atoms with Gasteiger partial charge in [-0.15, -0.1) is 11.3 Å². The third-order valence-electron chi connectivity index (χ3n) is 8.50. The molecule has 0 amide bonds. The summed E-state index contributed by atoms with van der Waals surface area (Å²) in [4.78, 5) is 2.30. The number of nitrogens with zero attached hydrogens (tertiary/aromatic N) is 1. The van der Waals surface area contributed by atoms with Crippen molar-refractivity contribution in [2.75, 3.05) is 4.90 Å². The van der Waals surface area contributed by atoms with Crippen LogP contribution in [0.15, 0.2) is 156 Å². The Labute approximate surface area is 252 Å². The quantitative estimate of drug-likeness (QED) is 0.197. The lowest BCUT2D eigenvalue weighted by Gasteiger charge is -2.25. The summed E-state index contributed by atoms with van der Waals surface area (Å²) in [5, 5.41) is 8.80. The summed E-state index contributed by atoms with van der Waals surface area (Å²) < 4.78 is 8.50. The lowest BCUT2D eigenvalue weighted by atomic mass is 9.91. The van der Waals surface area contributed by atoms with Gasteiger partial charge >= 0.3 is 0 Å². The van der Waals surface area contributed by atoms with Crippen LogP contribution < -0.4 is 4.90 Å². The van der Waals surface area contributed by atoms with Crippen LogP contribution in [0.3, 0.4) is 0 Å². The average molecular weight is 568 g/mol. The molecule has 202 valence electrons. The zero-order valence-corrected chi connectivity index (χ0v) is 24.0. The number of hydrogen-bond donors (Lipinski definition) is 0. The molecule has 9 rings (SSSR count). The summed E-state index contributed by atoms with van der Waals surface area (Å²) in [6.07, 6.45) is 1.78. The second kappa shape index (κ2) is 9.59. The fourth-order valence-corrected chi connectivity index (χ4v) is 7.77. The summed E-state index contributed by atoms with van der Waals surface area (Å²) in [6.45, 7) is 0. The van der Waals surface area contributed by atoms with Gasteiger partial charge in [-0.3, -0.25) is 0 Å². The van der Waals surface area contributed by atoms with Gasteiger partial charge in [-0.05, 0) is 94.0 Å². The molecule has 0 aliphatic rings. The van der Waals surface area contributed by atoms with Gasteiger partial charge in [0, 0.05) is 48.0 Å². The number of para-hydroxylation sites is 2. The molecular weight excluding hydrogens is 543 g/mol. The molecule has 0 bridgehead atoms. The van der Waals surface area contributed by atoms with Crippen LogP contribution in [0.1, 0.15) is 0 Å². The normalized spacial score (nSPS) is 11.7. The molecule has 0 radical (unpaired) electrons. The largest absolute Gasteiger partial charge is 0.464 e. The lowest BCUT2D eigenvalue weighted by molar-refractivity contribution is 0.616. The van der Waals surface area contributed by atoms with Gasteiger partial charge in [0.05, 0.1) is 6.26 Å². The summed E-state index contributed by atoms with van der Waals surface area (Å²) >= 11 is 1.89. The maximum Gasteiger partial charge on any atom is 0.134 e. The summed E-state index contributed by atoms with van der Waals surface area (Å²) in [6, 6.07) is 52.3. The molecule has 2 aromatic heterocycles. The molecule has 0 N–H and O–H groups in total. The van der Waals surface area contributed by atoms with Gasteiger partial charge in [-0.25, -0.2) is 0 Å². The van der Waals surface area contributed by atoms with Crippen molar-refractivity contribution >= 4 is 81.1 Å². The van der Waals surface area contributed by atoms with E-state index in [0.717, 1.165) is 28.0 Å². The van der Waals surface area contributed by atoms with E-state index in [1.165, 1.54) is 52.8 Å². The standard InChI is InChI=1S/C40H25NOS/c1-3-9-29(10-4-1)41(30-11-5-2-6-12-30)31-17-15-26(16-18-31)35-24-28-25-37-27(21-22-42-37)23-36(28)39-33(35)19-20-34-32-13-7-8-14-38(32)43-40(34)39/h1-25H. The smallest absolute Gasteiger partial charge is 0.134 e. The first kappa shape index (κ1) is 24.2. The highest BCUT2D eigenvalue weighted by Crippen LogP contribution is 2.45. The second-order valence-corrected chi connectivity index (χ2v) is 12.0. The molecular formula is C40H25NOS. The second-order valence-electron chi connectivity index (χ2n) is 11.0.